The highest BCUT2D eigenvalue weighted by molar-refractivity contribution is 6.30. The lowest BCUT2D eigenvalue weighted by molar-refractivity contribution is -0.121. The summed E-state index contributed by atoms with van der Waals surface area (Å²) < 4.78 is 5.15. The Bertz CT molecular complexity index is 609. The average Bonchev–Trinajstić information content (AvgIpc) is 3.03. The van der Waals surface area contributed by atoms with E-state index in [0.29, 0.717) is 36.5 Å². The maximum atomic E-state index is 11.8. The molecule has 1 aromatic heterocycles. The van der Waals surface area contributed by atoms with Crippen LogP contribution < -0.4 is 10.6 Å². The fourth-order valence-corrected chi connectivity index (χ4v) is 1.99. The topological polar surface area (TPSA) is 71.3 Å². The molecule has 0 atom stereocenters. The van der Waals surface area contributed by atoms with Crippen LogP contribution in [0.1, 0.15) is 22.5 Å². The van der Waals surface area contributed by atoms with Gasteiger partial charge in [0, 0.05) is 36.5 Å². The molecule has 1 heterocycles. The number of carbonyl (C=O) groups excluding carboxylic acids is 2. The van der Waals surface area contributed by atoms with E-state index in [4.69, 9.17) is 16.0 Å². The average molecular weight is 321 g/mol. The predicted molar refractivity (Wildman–Crippen MR) is 83.8 cm³/mol. The van der Waals surface area contributed by atoms with E-state index in [-0.39, 0.29) is 11.8 Å². The van der Waals surface area contributed by atoms with Crippen molar-refractivity contribution in [3.05, 3.63) is 59.0 Å². The lowest BCUT2D eigenvalue weighted by atomic mass is 10.2. The van der Waals surface area contributed by atoms with E-state index in [9.17, 15) is 9.59 Å². The van der Waals surface area contributed by atoms with E-state index in [0.717, 1.165) is 5.76 Å². The summed E-state index contributed by atoms with van der Waals surface area (Å²) in [7, 11) is 0. The molecule has 2 N–H and O–H groups in total. The first-order chi connectivity index (χ1) is 10.6. The first-order valence-electron chi connectivity index (χ1n) is 6.98. The summed E-state index contributed by atoms with van der Waals surface area (Å²) in [4.78, 5) is 23.4. The molecule has 1 aromatic carbocycles. The van der Waals surface area contributed by atoms with Gasteiger partial charge in [0.25, 0.3) is 5.91 Å². The minimum Gasteiger partial charge on any atom is -0.469 e. The quantitative estimate of drug-likeness (QED) is 0.770. The Hall–Kier alpha value is -2.27. The summed E-state index contributed by atoms with van der Waals surface area (Å²) in [6.07, 6.45) is 2.51. The molecule has 0 unspecified atom stereocenters. The van der Waals surface area contributed by atoms with E-state index in [1.165, 1.54) is 0 Å². The third-order valence-corrected chi connectivity index (χ3v) is 3.27. The first kappa shape index (κ1) is 16.1. The van der Waals surface area contributed by atoms with Crippen LogP contribution in [-0.4, -0.2) is 24.9 Å². The number of amides is 2. The van der Waals surface area contributed by atoms with Gasteiger partial charge in [-0.05, 0) is 36.4 Å². The van der Waals surface area contributed by atoms with Gasteiger partial charge in [0.15, 0.2) is 0 Å². The summed E-state index contributed by atoms with van der Waals surface area (Å²) in [6, 6.07) is 10.2. The highest BCUT2D eigenvalue weighted by atomic mass is 35.5. The Morgan fingerprint density at radius 1 is 1.05 bits per heavy atom. The number of rotatable bonds is 7. The van der Waals surface area contributed by atoms with Crippen molar-refractivity contribution in [3.8, 4) is 0 Å². The second kappa shape index (κ2) is 8.24. The van der Waals surface area contributed by atoms with Gasteiger partial charge in [-0.25, -0.2) is 0 Å². The molecule has 0 aliphatic heterocycles. The van der Waals surface area contributed by atoms with Gasteiger partial charge in [-0.1, -0.05) is 11.6 Å². The minimum atomic E-state index is -0.193. The van der Waals surface area contributed by atoms with Gasteiger partial charge in [0.2, 0.25) is 5.91 Å². The molecule has 2 rings (SSSR count). The third kappa shape index (κ3) is 5.26. The molecule has 0 spiro atoms. The number of benzene rings is 1. The van der Waals surface area contributed by atoms with Crippen molar-refractivity contribution in [1.29, 1.82) is 0 Å². The van der Waals surface area contributed by atoms with Gasteiger partial charge in [0.05, 0.1) is 6.26 Å². The molecule has 5 nitrogen and oxygen atoms in total. The Kier molecular flexibility index (Phi) is 6.03. The summed E-state index contributed by atoms with van der Waals surface area (Å²) in [5, 5.41) is 6.06. The normalized spacial score (nSPS) is 10.2. The molecule has 0 bridgehead atoms. The molecule has 22 heavy (non-hydrogen) atoms. The van der Waals surface area contributed by atoms with Crippen LogP contribution >= 0.6 is 11.6 Å². The predicted octanol–water partition coefficient (Wildman–Crippen LogP) is 2.41. The zero-order valence-electron chi connectivity index (χ0n) is 12.0. The van der Waals surface area contributed by atoms with Crippen molar-refractivity contribution in [2.75, 3.05) is 13.1 Å². The van der Waals surface area contributed by atoms with Crippen LogP contribution in [0.3, 0.4) is 0 Å². The number of nitrogens with one attached hydrogen (secondary N) is 2. The van der Waals surface area contributed by atoms with E-state index in [1.807, 2.05) is 6.07 Å². The van der Waals surface area contributed by atoms with Crippen LogP contribution in [0.25, 0.3) is 0 Å². The Morgan fingerprint density at radius 3 is 2.45 bits per heavy atom. The Morgan fingerprint density at radius 2 is 1.77 bits per heavy atom. The largest absolute Gasteiger partial charge is 0.469 e. The summed E-state index contributed by atoms with van der Waals surface area (Å²) in [6.45, 7) is 0.754. The standard InChI is InChI=1S/C16H17ClN2O3/c17-13-5-3-12(4-6-13)16(21)19-10-9-18-15(20)8-7-14-2-1-11-22-14/h1-6,11H,7-10H2,(H,18,20)(H,19,21). The third-order valence-electron chi connectivity index (χ3n) is 3.02. The monoisotopic (exact) mass is 320 g/mol. The smallest absolute Gasteiger partial charge is 0.251 e. The number of hydrogen-bond acceptors (Lipinski definition) is 3. The molecular weight excluding hydrogens is 304 g/mol. The van der Waals surface area contributed by atoms with Gasteiger partial charge in [-0.2, -0.15) is 0 Å². The number of furan rings is 1. The highest BCUT2D eigenvalue weighted by Gasteiger charge is 2.06. The molecule has 6 heteroatoms. The lowest BCUT2D eigenvalue weighted by Crippen LogP contribution is -2.34. The van der Waals surface area contributed by atoms with Crippen molar-refractivity contribution < 1.29 is 14.0 Å². The van der Waals surface area contributed by atoms with Gasteiger partial charge < -0.3 is 15.1 Å². The first-order valence-corrected chi connectivity index (χ1v) is 7.36. The molecule has 2 aromatic rings. The molecule has 0 aliphatic rings. The SMILES string of the molecule is O=C(CCc1ccco1)NCCNC(=O)c1ccc(Cl)cc1. The number of carbonyl (C=O) groups is 2. The molecule has 2 amide bonds. The second-order valence-corrected chi connectivity index (χ2v) is 5.13. The molecule has 0 fully saturated rings. The molecule has 0 saturated carbocycles. The molecular formula is C16H17ClN2O3. The van der Waals surface area contributed by atoms with Crippen LogP contribution in [-0.2, 0) is 11.2 Å². The van der Waals surface area contributed by atoms with Crippen molar-refractivity contribution in [2.45, 2.75) is 12.8 Å². The fraction of sp³-hybridized carbons (Fsp3) is 0.250. The summed E-state index contributed by atoms with van der Waals surface area (Å²) in [5.41, 5.74) is 0.536. The van der Waals surface area contributed by atoms with Crippen LogP contribution in [0.2, 0.25) is 5.02 Å². The minimum absolute atomic E-state index is 0.0721. The summed E-state index contributed by atoms with van der Waals surface area (Å²) in [5.74, 6) is 0.518. The van der Waals surface area contributed by atoms with Crippen molar-refractivity contribution in [2.24, 2.45) is 0 Å². The van der Waals surface area contributed by atoms with E-state index in [2.05, 4.69) is 10.6 Å². The number of aryl methyl sites for hydroxylation is 1. The van der Waals surface area contributed by atoms with Crippen molar-refractivity contribution >= 4 is 23.4 Å². The van der Waals surface area contributed by atoms with E-state index in [1.54, 1.807) is 36.6 Å². The molecule has 0 saturated heterocycles. The Labute approximate surface area is 133 Å². The number of hydrogen-bond donors (Lipinski definition) is 2. The van der Waals surface area contributed by atoms with Crippen LogP contribution in [0.5, 0.6) is 0 Å². The lowest BCUT2D eigenvalue weighted by Gasteiger charge is -2.07. The molecule has 0 aliphatic carbocycles. The van der Waals surface area contributed by atoms with Gasteiger partial charge in [-0.15, -0.1) is 0 Å². The maximum Gasteiger partial charge on any atom is 0.251 e. The molecule has 0 radical (unpaired) electrons. The van der Waals surface area contributed by atoms with Gasteiger partial charge >= 0.3 is 0 Å². The zero-order chi connectivity index (χ0) is 15.8. The van der Waals surface area contributed by atoms with Crippen molar-refractivity contribution in [1.82, 2.24) is 10.6 Å². The zero-order valence-corrected chi connectivity index (χ0v) is 12.7. The van der Waals surface area contributed by atoms with Crippen LogP contribution in [0.15, 0.2) is 47.1 Å². The second-order valence-electron chi connectivity index (χ2n) is 4.69. The highest BCUT2D eigenvalue weighted by Crippen LogP contribution is 2.09. The van der Waals surface area contributed by atoms with Crippen LogP contribution in [0.4, 0.5) is 0 Å². The molecule has 116 valence electrons. The van der Waals surface area contributed by atoms with Gasteiger partial charge in [-0.3, -0.25) is 9.59 Å². The number of halogens is 1. The maximum absolute atomic E-state index is 11.8. The van der Waals surface area contributed by atoms with Gasteiger partial charge in [0.1, 0.15) is 5.76 Å². The fourth-order valence-electron chi connectivity index (χ4n) is 1.86. The van der Waals surface area contributed by atoms with E-state index < -0.39 is 0 Å². The van der Waals surface area contributed by atoms with Crippen molar-refractivity contribution in [3.63, 3.8) is 0 Å². The van der Waals surface area contributed by atoms with Crippen LogP contribution in [0, 0.1) is 0 Å². The summed E-state index contributed by atoms with van der Waals surface area (Å²) >= 11 is 5.76. The van der Waals surface area contributed by atoms with E-state index >= 15 is 0 Å². The Balaban J connectivity index is 1.61.